The molecule has 0 fully saturated rings. The summed E-state index contributed by atoms with van der Waals surface area (Å²) in [5.74, 6) is 1.00. The predicted octanol–water partition coefficient (Wildman–Crippen LogP) is 3.20. The third-order valence-corrected chi connectivity index (χ3v) is 3.73. The highest BCUT2D eigenvalue weighted by Gasteiger charge is 2.17. The van der Waals surface area contributed by atoms with E-state index in [0.717, 1.165) is 16.9 Å². The molecule has 3 heteroatoms. The molecule has 2 N–H and O–H groups in total. The molecule has 3 aromatic rings. The van der Waals surface area contributed by atoms with Gasteiger partial charge in [-0.3, -0.25) is 0 Å². The number of imidazole rings is 1. The number of aromatic nitrogens is 2. The summed E-state index contributed by atoms with van der Waals surface area (Å²) in [6.07, 6.45) is 0. The fourth-order valence-corrected chi connectivity index (χ4v) is 2.83. The Bertz CT molecular complexity index is 743. The highest BCUT2D eigenvalue weighted by atomic mass is 15.1. The first-order valence-corrected chi connectivity index (χ1v) is 6.91. The normalized spacial score (nSPS) is 12.8. The maximum Gasteiger partial charge on any atom is 0.107 e. The van der Waals surface area contributed by atoms with Crippen molar-refractivity contribution in [3.63, 3.8) is 0 Å². The molecular weight excluding hydrogens is 246 g/mol. The SMILES string of the molecule is Cc1cccc(C(CN)n2c(C)nc3ccccc32)c1. The van der Waals surface area contributed by atoms with Crippen molar-refractivity contribution < 1.29 is 0 Å². The quantitative estimate of drug-likeness (QED) is 0.790. The number of aryl methyl sites for hydroxylation is 2. The smallest absolute Gasteiger partial charge is 0.107 e. The van der Waals surface area contributed by atoms with Gasteiger partial charge in [0.15, 0.2) is 0 Å². The molecule has 102 valence electrons. The van der Waals surface area contributed by atoms with Gasteiger partial charge in [0, 0.05) is 6.54 Å². The van der Waals surface area contributed by atoms with Crippen molar-refractivity contribution in [1.82, 2.24) is 9.55 Å². The van der Waals surface area contributed by atoms with E-state index in [-0.39, 0.29) is 6.04 Å². The molecule has 1 aromatic heterocycles. The average Bonchev–Trinajstić information content (AvgIpc) is 2.77. The van der Waals surface area contributed by atoms with Crippen LogP contribution in [-0.4, -0.2) is 16.1 Å². The lowest BCUT2D eigenvalue weighted by atomic mass is 10.0. The number of hydrogen-bond acceptors (Lipinski definition) is 2. The van der Waals surface area contributed by atoms with E-state index in [1.165, 1.54) is 11.1 Å². The van der Waals surface area contributed by atoms with Crippen LogP contribution in [0.5, 0.6) is 0 Å². The standard InChI is InChI=1S/C17H19N3/c1-12-6-5-7-14(10-12)17(11-18)20-13(2)19-15-8-3-4-9-16(15)20/h3-10,17H,11,18H2,1-2H3. The van der Waals surface area contributed by atoms with Crippen molar-refractivity contribution in [3.05, 3.63) is 65.5 Å². The number of nitrogens with zero attached hydrogens (tertiary/aromatic N) is 2. The Labute approximate surface area is 119 Å². The minimum Gasteiger partial charge on any atom is -0.328 e. The Morgan fingerprint density at radius 3 is 2.65 bits per heavy atom. The van der Waals surface area contributed by atoms with Crippen molar-refractivity contribution >= 4 is 11.0 Å². The Morgan fingerprint density at radius 2 is 1.90 bits per heavy atom. The van der Waals surface area contributed by atoms with Crippen LogP contribution in [0.4, 0.5) is 0 Å². The van der Waals surface area contributed by atoms with Gasteiger partial charge in [-0.15, -0.1) is 0 Å². The molecule has 0 aliphatic heterocycles. The second-order valence-corrected chi connectivity index (χ2v) is 5.18. The van der Waals surface area contributed by atoms with Crippen LogP contribution in [0.15, 0.2) is 48.5 Å². The third-order valence-electron chi connectivity index (χ3n) is 3.73. The maximum atomic E-state index is 6.06. The molecule has 1 unspecified atom stereocenters. The first-order valence-electron chi connectivity index (χ1n) is 6.91. The predicted molar refractivity (Wildman–Crippen MR) is 82.8 cm³/mol. The van der Waals surface area contributed by atoms with E-state index in [9.17, 15) is 0 Å². The van der Waals surface area contributed by atoms with Crippen LogP contribution in [0.25, 0.3) is 11.0 Å². The van der Waals surface area contributed by atoms with E-state index in [1.54, 1.807) is 0 Å². The molecule has 0 amide bonds. The average molecular weight is 265 g/mol. The van der Waals surface area contributed by atoms with Crippen LogP contribution in [-0.2, 0) is 0 Å². The summed E-state index contributed by atoms with van der Waals surface area (Å²) >= 11 is 0. The zero-order valence-corrected chi connectivity index (χ0v) is 11.9. The summed E-state index contributed by atoms with van der Waals surface area (Å²) in [6.45, 7) is 4.71. The Kier molecular flexibility index (Phi) is 3.28. The molecule has 0 aliphatic carbocycles. The summed E-state index contributed by atoms with van der Waals surface area (Å²) in [4.78, 5) is 4.64. The Morgan fingerprint density at radius 1 is 1.10 bits per heavy atom. The summed E-state index contributed by atoms with van der Waals surface area (Å²) in [6, 6.07) is 16.9. The molecule has 3 nitrogen and oxygen atoms in total. The van der Waals surface area contributed by atoms with Crippen LogP contribution in [0.2, 0.25) is 0 Å². The van der Waals surface area contributed by atoms with E-state index >= 15 is 0 Å². The van der Waals surface area contributed by atoms with Gasteiger partial charge in [-0.2, -0.15) is 0 Å². The van der Waals surface area contributed by atoms with E-state index in [2.05, 4.69) is 46.8 Å². The van der Waals surface area contributed by atoms with Gasteiger partial charge in [-0.25, -0.2) is 4.98 Å². The summed E-state index contributed by atoms with van der Waals surface area (Å²) in [5.41, 5.74) is 10.7. The van der Waals surface area contributed by atoms with Crippen LogP contribution in [0, 0.1) is 13.8 Å². The highest BCUT2D eigenvalue weighted by Crippen LogP contribution is 2.25. The Hall–Kier alpha value is -2.13. The van der Waals surface area contributed by atoms with Gasteiger partial charge < -0.3 is 10.3 Å². The Balaban J connectivity index is 2.19. The number of rotatable bonds is 3. The van der Waals surface area contributed by atoms with E-state index < -0.39 is 0 Å². The molecule has 1 heterocycles. The number of hydrogen-bond donors (Lipinski definition) is 1. The van der Waals surface area contributed by atoms with Gasteiger partial charge in [0.05, 0.1) is 17.1 Å². The second kappa shape index (κ2) is 5.10. The summed E-state index contributed by atoms with van der Waals surface area (Å²) < 4.78 is 2.24. The summed E-state index contributed by atoms with van der Waals surface area (Å²) in [7, 11) is 0. The number of fused-ring (bicyclic) bond motifs is 1. The monoisotopic (exact) mass is 265 g/mol. The molecule has 20 heavy (non-hydrogen) atoms. The van der Waals surface area contributed by atoms with Gasteiger partial charge >= 0.3 is 0 Å². The molecule has 0 radical (unpaired) electrons. The van der Waals surface area contributed by atoms with Gasteiger partial charge in [-0.1, -0.05) is 42.0 Å². The zero-order valence-electron chi connectivity index (χ0n) is 11.9. The first-order chi connectivity index (χ1) is 9.70. The van der Waals surface area contributed by atoms with Crippen LogP contribution in [0.1, 0.15) is 23.0 Å². The zero-order chi connectivity index (χ0) is 14.1. The minimum absolute atomic E-state index is 0.127. The van der Waals surface area contributed by atoms with Crippen LogP contribution < -0.4 is 5.73 Å². The van der Waals surface area contributed by atoms with Gasteiger partial charge in [-0.05, 0) is 31.5 Å². The molecule has 3 rings (SSSR count). The molecule has 2 aromatic carbocycles. The lowest BCUT2D eigenvalue weighted by Gasteiger charge is -2.20. The minimum atomic E-state index is 0.127. The van der Waals surface area contributed by atoms with Crippen molar-refractivity contribution in [2.45, 2.75) is 19.9 Å². The largest absolute Gasteiger partial charge is 0.328 e. The molecule has 0 spiro atoms. The van der Waals surface area contributed by atoms with E-state index in [1.807, 2.05) is 25.1 Å². The first kappa shape index (κ1) is 12.9. The molecule has 0 saturated heterocycles. The molecule has 0 bridgehead atoms. The highest BCUT2D eigenvalue weighted by molar-refractivity contribution is 5.76. The van der Waals surface area contributed by atoms with Crippen molar-refractivity contribution in [2.75, 3.05) is 6.54 Å². The van der Waals surface area contributed by atoms with E-state index in [0.29, 0.717) is 6.54 Å². The fraction of sp³-hybridized carbons (Fsp3) is 0.235. The lowest BCUT2D eigenvalue weighted by Crippen LogP contribution is -2.21. The lowest BCUT2D eigenvalue weighted by molar-refractivity contribution is 0.594. The molecule has 0 aliphatic rings. The molecular formula is C17H19N3. The summed E-state index contributed by atoms with van der Waals surface area (Å²) in [5, 5.41) is 0. The second-order valence-electron chi connectivity index (χ2n) is 5.18. The van der Waals surface area contributed by atoms with Gasteiger partial charge in [0.25, 0.3) is 0 Å². The topological polar surface area (TPSA) is 43.8 Å². The van der Waals surface area contributed by atoms with Crippen LogP contribution in [0.3, 0.4) is 0 Å². The molecule has 0 saturated carbocycles. The van der Waals surface area contributed by atoms with Gasteiger partial charge in [0.2, 0.25) is 0 Å². The van der Waals surface area contributed by atoms with E-state index in [4.69, 9.17) is 5.73 Å². The van der Waals surface area contributed by atoms with Crippen LogP contribution >= 0.6 is 0 Å². The molecule has 1 atom stereocenters. The number of nitrogens with two attached hydrogens (primary N) is 1. The van der Waals surface area contributed by atoms with Gasteiger partial charge in [0.1, 0.15) is 5.82 Å². The van der Waals surface area contributed by atoms with Crippen molar-refractivity contribution in [1.29, 1.82) is 0 Å². The maximum absolute atomic E-state index is 6.06. The fourth-order valence-electron chi connectivity index (χ4n) is 2.83. The number of para-hydroxylation sites is 2. The van der Waals surface area contributed by atoms with Crippen molar-refractivity contribution in [3.8, 4) is 0 Å². The number of benzene rings is 2. The third kappa shape index (κ3) is 2.10. The van der Waals surface area contributed by atoms with Crippen molar-refractivity contribution in [2.24, 2.45) is 5.73 Å².